The van der Waals surface area contributed by atoms with E-state index < -0.39 is 0 Å². The number of morpholine rings is 1. The molecule has 2 aromatic heterocycles. The molecule has 2 aromatic rings. The van der Waals surface area contributed by atoms with Crippen molar-refractivity contribution in [3.63, 3.8) is 0 Å². The Labute approximate surface area is 145 Å². The van der Waals surface area contributed by atoms with Crippen LogP contribution in [0.1, 0.15) is 19.5 Å². The highest BCUT2D eigenvalue weighted by molar-refractivity contribution is 7.13. The second kappa shape index (κ2) is 7.92. The van der Waals surface area contributed by atoms with E-state index in [1.165, 1.54) is 0 Å². The van der Waals surface area contributed by atoms with Crippen LogP contribution in [0.25, 0.3) is 10.8 Å². The molecule has 0 spiro atoms. The first-order valence-corrected chi connectivity index (χ1v) is 9.11. The van der Waals surface area contributed by atoms with Gasteiger partial charge in [-0.05, 0) is 25.3 Å². The maximum Gasteiger partial charge on any atom is 0.236 e. The summed E-state index contributed by atoms with van der Waals surface area (Å²) >= 11 is 1.57. The maximum absolute atomic E-state index is 12.0. The van der Waals surface area contributed by atoms with Crippen LogP contribution >= 0.6 is 11.3 Å². The number of carbonyl (C=O) groups excluding carboxylic acids is 1. The summed E-state index contributed by atoms with van der Waals surface area (Å²) in [5.41, 5.74) is 0.657. The number of ether oxygens (including phenoxy) is 1. The third-order valence-electron chi connectivity index (χ3n) is 3.87. The number of nitrogens with zero attached hydrogens (tertiary/aromatic N) is 2. The number of amides is 1. The largest absolute Gasteiger partial charge is 0.444 e. The maximum atomic E-state index is 12.0. The van der Waals surface area contributed by atoms with Crippen LogP contribution in [-0.4, -0.2) is 54.2 Å². The molecular formula is C17H23N3O3S. The van der Waals surface area contributed by atoms with E-state index in [-0.39, 0.29) is 24.5 Å². The normalized spacial score (nSPS) is 21.8. The van der Waals surface area contributed by atoms with E-state index in [2.05, 4.69) is 29.0 Å². The fourth-order valence-corrected chi connectivity index (χ4v) is 3.60. The molecule has 1 N–H and O–H groups in total. The molecule has 24 heavy (non-hydrogen) atoms. The average molecular weight is 349 g/mol. The Hall–Kier alpha value is -1.70. The van der Waals surface area contributed by atoms with Crippen LogP contribution in [0.15, 0.2) is 28.2 Å². The highest BCUT2D eigenvalue weighted by Crippen LogP contribution is 2.23. The van der Waals surface area contributed by atoms with Crippen molar-refractivity contribution in [3.05, 3.63) is 29.5 Å². The smallest absolute Gasteiger partial charge is 0.236 e. The topological polar surface area (TPSA) is 67.6 Å². The standard InChI is InChI=1S/C17H23N3O3S/c1-12-9-20(10-13(2)23-12)6-5-18-16(21)8-14-11-22-17(19-14)15-4-3-7-24-15/h3-4,7,11-13H,5-6,8-10H2,1-2H3,(H,18,21). The summed E-state index contributed by atoms with van der Waals surface area (Å²) in [5.74, 6) is 0.541. The number of rotatable bonds is 6. The van der Waals surface area contributed by atoms with Crippen molar-refractivity contribution in [1.29, 1.82) is 0 Å². The van der Waals surface area contributed by atoms with E-state index >= 15 is 0 Å². The number of carbonyl (C=O) groups is 1. The van der Waals surface area contributed by atoms with Gasteiger partial charge < -0.3 is 14.5 Å². The van der Waals surface area contributed by atoms with Crippen LogP contribution in [0, 0.1) is 0 Å². The minimum atomic E-state index is -0.0321. The predicted molar refractivity (Wildman–Crippen MR) is 93.0 cm³/mol. The van der Waals surface area contributed by atoms with Gasteiger partial charge in [0.25, 0.3) is 0 Å². The molecule has 1 aliphatic heterocycles. The van der Waals surface area contributed by atoms with E-state index in [1.54, 1.807) is 17.6 Å². The van der Waals surface area contributed by atoms with E-state index in [0.29, 0.717) is 18.1 Å². The Morgan fingerprint density at radius 1 is 1.42 bits per heavy atom. The first-order valence-electron chi connectivity index (χ1n) is 8.23. The second-order valence-electron chi connectivity index (χ2n) is 6.16. The van der Waals surface area contributed by atoms with Crippen molar-refractivity contribution in [2.75, 3.05) is 26.2 Å². The highest BCUT2D eigenvalue weighted by atomic mass is 32.1. The van der Waals surface area contributed by atoms with E-state index in [1.807, 2.05) is 17.5 Å². The minimum Gasteiger partial charge on any atom is -0.444 e. The predicted octanol–water partition coefficient (Wildman–Crippen LogP) is 2.17. The van der Waals surface area contributed by atoms with Crippen LogP contribution in [-0.2, 0) is 16.0 Å². The fraction of sp³-hybridized carbons (Fsp3) is 0.529. The molecule has 2 unspecified atom stereocenters. The Morgan fingerprint density at radius 3 is 2.92 bits per heavy atom. The molecule has 1 fully saturated rings. The van der Waals surface area contributed by atoms with Crippen molar-refractivity contribution in [2.24, 2.45) is 0 Å². The van der Waals surface area contributed by atoms with Crippen molar-refractivity contribution in [2.45, 2.75) is 32.5 Å². The van der Waals surface area contributed by atoms with Gasteiger partial charge in [0.2, 0.25) is 11.8 Å². The van der Waals surface area contributed by atoms with Crippen LogP contribution in [0.4, 0.5) is 0 Å². The molecule has 7 heteroatoms. The van der Waals surface area contributed by atoms with Crippen LogP contribution < -0.4 is 5.32 Å². The SMILES string of the molecule is CC1CN(CCNC(=O)Cc2coc(-c3cccs3)n2)CC(C)O1. The zero-order valence-electron chi connectivity index (χ0n) is 14.0. The molecule has 0 radical (unpaired) electrons. The Kier molecular flexibility index (Phi) is 5.65. The molecule has 1 saturated heterocycles. The molecule has 3 heterocycles. The van der Waals surface area contributed by atoms with Gasteiger partial charge in [0.1, 0.15) is 6.26 Å². The summed E-state index contributed by atoms with van der Waals surface area (Å²) in [5, 5.41) is 4.92. The van der Waals surface area contributed by atoms with Crippen molar-refractivity contribution < 1.29 is 13.9 Å². The third kappa shape index (κ3) is 4.66. The van der Waals surface area contributed by atoms with Gasteiger partial charge in [-0.15, -0.1) is 11.3 Å². The Balaban J connectivity index is 1.41. The molecule has 2 atom stereocenters. The number of oxazole rings is 1. The molecule has 1 amide bonds. The highest BCUT2D eigenvalue weighted by Gasteiger charge is 2.21. The Morgan fingerprint density at radius 2 is 2.21 bits per heavy atom. The van der Waals surface area contributed by atoms with E-state index in [0.717, 1.165) is 24.5 Å². The van der Waals surface area contributed by atoms with Crippen LogP contribution in [0.3, 0.4) is 0 Å². The quantitative estimate of drug-likeness (QED) is 0.866. The molecule has 0 bridgehead atoms. The monoisotopic (exact) mass is 349 g/mol. The van der Waals surface area contributed by atoms with Crippen molar-refractivity contribution in [3.8, 4) is 10.8 Å². The fourth-order valence-electron chi connectivity index (χ4n) is 2.95. The minimum absolute atomic E-state index is 0.0321. The number of nitrogens with one attached hydrogen (secondary N) is 1. The van der Waals surface area contributed by atoms with Gasteiger partial charge in [-0.2, -0.15) is 0 Å². The number of thiophene rings is 1. The van der Waals surface area contributed by atoms with Gasteiger partial charge in [0.15, 0.2) is 0 Å². The summed E-state index contributed by atoms with van der Waals surface area (Å²) in [6, 6.07) is 3.90. The van der Waals surface area contributed by atoms with E-state index in [9.17, 15) is 4.79 Å². The number of hydrogen-bond acceptors (Lipinski definition) is 6. The summed E-state index contributed by atoms with van der Waals surface area (Å²) < 4.78 is 11.1. The summed E-state index contributed by atoms with van der Waals surface area (Å²) in [4.78, 5) is 19.7. The lowest BCUT2D eigenvalue weighted by molar-refractivity contribution is -0.120. The van der Waals surface area contributed by atoms with Gasteiger partial charge in [0.05, 0.1) is 29.2 Å². The Bertz CT molecular complexity index is 646. The lowest BCUT2D eigenvalue weighted by Gasteiger charge is -2.35. The molecule has 6 nitrogen and oxygen atoms in total. The zero-order chi connectivity index (χ0) is 16.9. The molecule has 0 aliphatic carbocycles. The molecular weight excluding hydrogens is 326 g/mol. The molecule has 130 valence electrons. The van der Waals surface area contributed by atoms with Crippen LogP contribution in [0.2, 0.25) is 0 Å². The van der Waals surface area contributed by atoms with Gasteiger partial charge >= 0.3 is 0 Å². The molecule has 1 aliphatic rings. The first kappa shape index (κ1) is 17.1. The third-order valence-corrected chi connectivity index (χ3v) is 4.73. The van der Waals surface area contributed by atoms with Gasteiger partial charge in [0, 0.05) is 26.2 Å². The molecule has 3 rings (SSSR count). The molecule has 0 saturated carbocycles. The summed E-state index contributed by atoms with van der Waals surface area (Å²) in [6.07, 6.45) is 2.29. The van der Waals surface area contributed by atoms with Crippen molar-refractivity contribution >= 4 is 17.2 Å². The first-order chi connectivity index (χ1) is 11.6. The van der Waals surface area contributed by atoms with Gasteiger partial charge in [-0.1, -0.05) is 6.07 Å². The number of hydrogen-bond donors (Lipinski definition) is 1. The van der Waals surface area contributed by atoms with Crippen LogP contribution in [0.5, 0.6) is 0 Å². The summed E-state index contributed by atoms with van der Waals surface area (Å²) in [7, 11) is 0. The lowest BCUT2D eigenvalue weighted by Crippen LogP contribution is -2.48. The van der Waals surface area contributed by atoms with Crippen molar-refractivity contribution in [1.82, 2.24) is 15.2 Å². The zero-order valence-corrected chi connectivity index (χ0v) is 14.8. The van der Waals surface area contributed by atoms with Gasteiger partial charge in [-0.25, -0.2) is 4.98 Å². The lowest BCUT2D eigenvalue weighted by atomic mass is 10.2. The second-order valence-corrected chi connectivity index (χ2v) is 7.11. The molecule has 0 aromatic carbocycles. The number of aromatic nitrogens is 1. The van der Waals surface area contributed by atoms with E-state index in [4.69, 9.17) is 9.15 Å². The van der Waals surface area contributed by atoms with Gasteiger partial charge in [-0.3, -0.25) is 9.69 Å². The average Bonchev–Trinajstić information content (AvgIpc) is 3.16. The summed E-state index contributed by atoms with van der Waals surface area (Å²) in [6.45, 7) is 7.45.